The third-order valence-electron chi connectivity index (χ3n) is 5.16. The molecule has 158 valence electrons. The van der Waals surface area contributed by atoms with Crippen LogP contribution >= 0.6 is 11.5 Å². The lowest BCUT2D eigenvalue weighted by atomic mass is 9.97. The maximum Gasteiger partial charge on any atom is 0.267 e. The van der Waals surface area contributed by atoms with Crippen molar-refractivity contribution in [3.05, 3.63) is 40.4 Å². The van der Waals surface area contributed by atoms with Gasteiger partial charge in [-0.3, -0.25) is 4.79 Å². The summed E-state index contributed by atoms with van der Waals surface area (Å²) >= 11 is 1.12. The van der Waals surface area contributed by atoms with Gasteiger partial charge in [0.05, 0.1) is 18.6 Å². The number of hydrogen-bond acceptors (Lipinski definition) is 7. The van der Waals surface area contributed by atoms with Crippen molar-refractivity contribution in [1.29, 1.82) is 0 Å². The molecule has 0 bridgehead atoms. The summed E-state index contributed by atoms with van der Waals surface area (Å²) in [6.45, 7) is 3.43. The first-order valence-electron chi connectivity index (χ1n) is 9.56. The molecule has 1 aliphatic rings. The van der Waals surface area contributed by atoms with Gasteiger partial charge in [0.1, 0.15) is 10.6 Å². The Morgan fingerprint density at radius 3 is 2.55 bits per heavy atom. The molecule has 0 saturated carbocycles. The number of carbonyl (C=O) groups is 1. The Morgan fingerprint density at radius 2 is 1.97 bits per heavy atom. The normalized spacial score (nSPS) is 15.4. The molecule has 1 amide bonds. The third-order valence-corrected chi connectivity index (χ3v) is 7.32. The first kappa shape index (κ1) is 21.7. The number of aryl methyl sites for hydroxylation is 2. The molecule has 8 nitrogen and oxygen atoms in total. The van der Waals surface area contributed by atoms with Crippen LogP contribution < -0.4 is 9.46 Å². The van der Waals surface area contributed by atoms with Crippen molar-refractivity contribution in [3.8, 4) is 5.75 Å². The summed E-state index contributed by atoms with van der Waals surface area (Å²) in [5.74, 6) is 1.00. The number of amides is 1. The zero-order chi connectivity index (χ0) is 20.9. The number of likely N-dealkylation sites (tertiary alicyclic amines) is 1. The van der Waals surface area contributed by atoms with Gasteiger partial charge in [-0.15, -0.1) is 5.10 Å². The molecule has 1 aromatic heterocycles. The number of hydrogen-bond donors (Lipinski definition) is 1. The minimum Gasteiger partial charge on any atom is -0.497 e. The highest BCUT2D eigenvalue weighted by atomic mass is 32.2. The van der Waals surface area contributed by atoms with Crippen molar-refractivity contribution in [1.82, 2.24) is 19.2 Å². The fourth-order valence-electron chi connectivity index (χ4n) is 3.27. The van der Waals surface area contributed by atoms with E-state index in [0.717, 1.165) is 35.7 Å². The van der Waals surface area contributed by atoms with Gasteiger partial charge >= 0.3 is 0 Å². The zero-order valence-electron chi connectivity index (χ0n) is 16.6. The highest BCUT2D eigenvalue weighted by Crippen LogP contribution is 2.21. The first-order valence-corrected chi connectivity index (χ1v) is 12.0. The van der Waals surface area contributed by atoms with E-state index < -0.39 is 10.0 Å². The Hall–Kier alpha value is -2.04. The molecule has 10 heteroatoms. The molecule has 1 fully saturated rings. The van der Waals surface area contributed by atoms with Crippen molar-refractivity contribution in [2.24, 2.45) is 5.92 Å². The average Bonchev–Trinajstić information content (AvgIpc) is 3.17. The second-order valence-electron chi connectivity index (χ2n) is 7.19. The van der Waals surface area contributed by atoms with Gasteiger partial charge < -0.3 is 9.64 Å². The van der Waals surface area contributed by atoms with Crippen molar-refractivity contribution >= 4 is 27.5 Å². The zero-order valence-corrected chi connectivity index (χ0v) is 18.3. The second-order valence-corrected chi connectivity index (χ2v) is 9.87. The summed E-state index contributed by atoms with van der Waals surface area (Å²) in [5.41, 5.74) is 1.61. The predicted molar refractivity (Wildman–Crippen MR) is 112 cm³/mol. The molecule has 2 aromatic rings. The first-order chi connectivity index (χ1) is 13.9. The van der Waals surface area contributed by atoms with Crippen molar-refractivity contribution in [2.75, 3.05) is 32.5 Å². The van der Waals surface area contributed by atoms with Crippen LogP contribution in [0.25, 0.3) is 0 Å². The number of nitrogens with zero attached hydrogens (tertiary/aromatic N) is 3. The number of piperidine rings is 1. The van der Waals surface area contributed by atoms with Crippen LogP contribution in [0.4, 0.5) is 0 Å². The molecule has 0 radical (unpaired) electrons. The van der Waals surface area contributed by atoms with E-state index in [1.165, 1.54) is 0 Å². The number of ether oxygens (including phenoxy) is 1. The minimum absolute atomic E-state index is 0.0315. The SMILES string of the molecule is COc1ccc(CCS(=O)(=O)NCC2CCN(C(=O)c3snnc3C)CC2)cc1. The van der Waals surface area contributed by atoms with Crippen LogP contribution in [0.1, 0.15) is 33.8 Å². The Labute approximate surface area is 175 Å². The average molecular weight is 439 g/mol. The van der Waals surface area contributed by atoms with Crippen LogP contribution in [0, 0.1) is 12.8 Å². The number of benzene rings is 1. The van der Waals surface area contributed by atoms with Crippen molar-refractivity contribution in [2.45, 2.75) is 26.2 Å². The maximum atomic E-state index is 12.5. The van der Waals surface area contributed by atoms with Crippen LogP contribution in [0.3, 0.4) is 0 Å². The molecule has 2 heterocycles. The summed E-state index contributed by atoms with van der Waals surface area (Å²) < 4.78 is 36.3. The van der Waals surface area contributed by atoms with Crippen LogP contribution in [0.15, 0.2) is 24.3 Å². The van der Waals surface area contributed by atoms with Gasteiger partial charge in [-0.1, -0.05) is 16.6 Å². The number of sulfonamides is 1. The van der Waals surface area contributed by atoms with E-state index in [2.05, 4.69) is 14.3 Å². The van der Waals surface area contributed by atoms with E-state index in [4.69, 9.17) is 4.74 Å². The minimum atomic E-state index is -3.34. The summed E-state index contributed by atoms with van der Waals surface area (Å²) in [5, 5.41) is 3.89. The van der Waals surface area contributed by atoms with E-state index in [1.807, 2.05) is 24.3 Å². The summed E-state index contributed by atoms with van der Waals surface area (Å²) in [4.78, 5) is 14.9. The fourth-order valence-corrected chi connectivity index (χ4v) is 5.04. The van der Waals surface area contributed by atoms with E-state index in [9.17, 15) is 13.2 Å². The number of aromatic nitrogens is 2. The van der Waals surface area contributed by atoms with E-state index >= 15 is 0 Å². The van der Waals surface area contributed by atoms with Gasteiger partial charge in [-0.2, -0.15) is 0 Å². The standard InChI is InChI=1S/C19H26N4O4S2/c1-14-18(28-22-21-14)19(24)23-10-7-16(8-11-23)13-20-29(25,26)12-9-15-3-5-17(27-2)6-4-15/h3-6,16,20H,7-13H2,1-2H3. The summed E-state index contributed by atoms with van der Waals surface area (Å²) in [6.07, 6.45) is 2.00. The van der Waals surface area contributed by atoms with Gasteiger partial charge in [0.2, 0.25) is 10.0 Å². The van der Waals surface area contributed by atoms with Gasteiger partial charge in [-0.05, 0) is 61.3 Å². The lowest BCUT2D eigenvalue weighted by Gasteiger charge is -2.31. The fraction of sp³-hybridized carbons (Fsp3) is 0.526. The predicted octanol–water partition coefficient (Wildman–Crippen LogP) is 1.87. The Kier molecular flexibility index (Phi) is 7.20. The van der Waals surface area contributed by atoms with Crippen molar-refractivity contribution < 1.29 is 17.9 Å². The number of rotatable bonds is 8. The van der Waals surface area contributed by atoms with Gasteiger partial charge in [0.25, 0.3) is 5.91 Å². The second kappa shape index (κ2) is 9.64. The van der Waals surface area contributed by atoms with Crippen LogP contribution in [0.5, 0.6) is 5.75 Å². The Balaban J connectivity index is 1.42. The van der Waals surface area contributed by atoms with Gasteiger partial charge in [0, 0.05) is 19.6 Å². The smallest absolute Gasteiger partial charge is 0.267 e. The summed E-state index contributed by atoms with van der Waals surface area (Å²) in [6, 6.07) is 7.41. The van der Waals surface area contributed by atoms with Gasteiger partial charge in [-0.25, -0.2) is 13.1 Å². The molecular formula is C19H26N4O4S2. The lowest BCUT2D eigenvalue weighted by Crippen LogP contribution is -2.41. The molecule has 1 saturated heterocycles. The number of methoxy groups -OCH3 is 1. The van der Waals surface area contributed by atoms with Crippen LogP contribution in [-0.2, 0) is 16.4 Å². The molecule has 0 aliphatic carbocycles. The highest BCUT2D eigenvalue weighted by Gasteiger charge is 2.26. The molecule has 3 rings (SSSR count). The van der Waals surface area contributed by atoms with E-state index in [-0.39, 0.29) is 17.6 Å². The Bertz CT molecular complexity index is 920. The molecule has 0 unspecified atom stereocenters. The number of carbonyl (C=O) groups excluding carboxylic acids is 1. The largest absolute Gasteiger partial charge is 0.497 e. The van der Waals surface area contributed by atoms with Gasteiger partial charge in [0.15, 0.2) is 0 Å². The highest BCUT2D eigenvalue weighted by molar-refractivity contribution is 7.89. The summed E-state index contributed by atoms with van der Waals surface area (Å²) in [7, 11) is -1.74. The molecule has 1 aromatic carbocycles. The molecule has 0 atom stereocenters. The number of nitrogens with one attached hydrogen (secondary N) is 1. The lowest BCUT2D eigenvalue weighted by molar-refractivity contribution is 0.0696. The van der Waals surface area contributed by atoms with Crippen LogP contribution in [0.2, 0.25) is 0 Å². The monoisotopic (exact) mass is 438 g/mol. The van der Waals surface area contributed by atoms with E-state index in [1.54, 1.807) is 18.9 Å². The van der Waals surface area contributed by atoms with E-state index in [0.29, 0.717) is 36.6 Å². The Morgan fingerprint density at radius 1 is 1.28 bits per heavy atom. The molecule has 29 heavy (non-hydrogen) atoms. The molecule has 1 N–H and O–H groups in total. The third kappa shape index (κ3) is 5.97. The molecule has 0 spiro atoms. The van der Waals surface area contributed by atoms with Crippen LogP contribution in [-0.4, -0.2) is 61.3 Å². The quantitative estimate of drug-likeness (QED) is 0.675. The topological polar surface area (TPSA) is 101 Å². The molecular weight excluding hydrogens is 412 g/mol. The maximum absolute atomic E-state index is 12.5. The molecule has 1 aliphatic heterocycles. The van der Waals surface area contributed by atoms with Crippen molar-refractivity contribution in [3.63, 3.8) is 0 Å².